The van der Waals surface area contributed by atoms with E-state index < -0.39 is 12.1 Å². The van der Waals surface area contributed by atoms with Gasteiger partial charge >= 0.3 is 12.1 Å². The average molecular weight is 540 g/mol. The van der Waals surface area contributed by atoms with Gasteiger partial charge in [-0.2, -0.15) is 5.10 Å². The molecule has 10 heteroatoms. The molecular weight excluding hydrogens is 510 g/mol. The standard InChI is InChI=1S/C30H29N5O5/c1-4-39-30(38)33-25-18-23(24-15-16-27(36)35(34-24)20(2)3)29(22-13-9-6-10-14-22)32-26(25)19-31-40-28(37)17-21-11-7-5-8-12-21/h5-16,18-20H,4,17H2,1-3H3,(H,33,38). The molecule has 4 rings (SSSR count). The average Bonchev–Trinajstić information content (AvgIpc) is 2.95. The number of ether oxygens (including phenoxy) is 1. The van der Waals surface area contributed by atoms with Crippen LogP contribution in [0.4, 0.5) is 10.5 Å². The molecule has 0 spiro atoms. The van der Waals surface area contributed by atoms with Crippen LogP contribution in [0.25, 0.3) is 22.5 Å². The molecule has 0 atom stereocenters. The summed E-state index contributed by atoms with van der Waals surface area (Å²) in [6.07, 6.45) is 0.604. The maximum Gasteiger partial charge on any atom is 0.411 e. The first-order chi connectivity index (χ1) is 19.4. The maximum atomic E-state index is 12.4. The van der Waals surface area contributed by atoms with E-state index in [1.165, 1.54) is 17.0 Å². The van der Waals surface area contributed by atoms with Crippen molar-refractivity contribution in [3.63, 3.8) is 0 Å². The highest BCUT2D eigenvalue weighted by Crippen LogP contribution is 2.33. The second-order valence-corrected chi connectivity index (χ2v) is 8.98. The zero-order valence-corrected chi connectivity index (χ0v) is 22.4. The summed E-state index contributed by atoms with van der Waals surface area (Å²) >= 11 is 0. The van der Waals surface area contributed by atoms with Crippen LogP contribution in [0.5, 0.6) is 0 Å². The van der Waals surface area contributed by atoms with Crippen LogP contribution in [0.2, 0.25) is 0 Å². The minimum atomic E-state index is -0.696. The van der Waals surface area contributed by atoms with E-state index in [-0.39, 0.29) is 36.0 Å². The van der Waals surface area contributed by atoms with Crippen LogP contribution in [0.15, 0.2) is 88.8 Å². The fourth-order valence-corrected chi connectivity index (χ4v) is 3.88. The number of nitrogens with one attached hydrogen (secondary N) is 1. The molecule has 10 nitrogen and oxygen atoms in total. The third-order valence-electron chi connectivity index (χ3n) is 5.72. The van der Waals surface area contributed by atoms with Gasteiger partial charge in [0.2, 0.25) is 0 Å². The minimum Gasteiger partial charge on any atom is -0.450 e. The Morgan fingerprint density at radius 3 is 2.40 bits per heavy atom. The lowest BCUT2D eigenvalue weighted by Gasteiger charge is -2.16. The first kappa shape index (κ1) is 27.9. The van der Waals surface area contributed by atoms with Crippen LogP contribution >= 0.6 is 0 Å². The fraction of sp³-hybridized carbons (Fsp3) is 0.200. The number of aromatic nitrogens is 3. The van der Waals surface area contributed by atoms with Gasteiger partial charge in [-0.3, -0.25) is 10.1 Å². The molecule has 0 aliphatic rings. The summed E-state index contributed by atoms with van der Waals surface area (Å²) in [5, 5.41) is 11.1. The van der Waals surface area contributed by atoms with Gasteiger partial charge in [0.05, 0.1) is 42.4 Å². The summed E-state index contributed by atoms with van der Waals surface area (Å²) in [5.74, 6) is -0.553. The minimum absolute atomic E-state index is 0.0466. The van der Waals surface area contributed by atoms with Gasteiger partial charge in [0.1, 0.15) is 5.69 Å². The topological polar surface area (TPSA) is 125 Å². The van der Waals surface area contributed by atoms with Crippen LogP contribution in [0.3, 0.4) is 0 Å². The van der Waals surface area contributed by atoms with Gasteiger partial charge in [0.15, 0.2) is 0 Å². The van der Waals surface area contributed by atoms with E-state index in [9.17, 15) is 14.4 Å². The molecule has 1 amide bonds. The molecule has 204 valence electrons. The number of carbonyl (C=O) groups excluding carboxylic acids is 2. The highest BCUT2D eigenvalue weighted by atomic mass is 16.7. The maximum absolute atomic E-state index is 12.4. The fourth-order valence-electron chi connectivity index (χ4n) is 3.88. The highest BCUT2D eigenvalue weighted by Gasteiger charge is 2.19. The van der Waals surface area contributed by atoms with Crippen LogP contribution in [0.1, 0.15) is 38.1 Å². The van der Waals surface area contributed by atoms with Crippen molar-refractivity contribution in [1.82, 2.24) is 14.8 Å². The number of oxime groups is 1. The predicted octanol–water partition coefficient (Wildman–Crippen LogP) is 5.24. The second-order valence-electron chi connectivity index (χ2n) is 8.98. The smallest absolute Gasteiger partial charge is 0.411 e. The van der Waals surface area contributed by atoms with Gasteiger partial charge in [-0.05, 0) is 38.5 Å². The van der Waals surface area contributed by atoms with Gasteiger partial charge in [0.25, 0.3) is 5.56 Å². The van der Waals surface area contributed by atoms with Crippen molar-refractivity contribution in [3.8, 4) is 22.5 Å². The van der Waals surface area contributed by atoms with Crippen molar-refractivity contribution >= 4 is 24.0 Å². The summed E-state index contributed by atoms with van der Waals surface area (Å²) in [6.45, 7) is 5.58. The summed E-state index contributed by atoms with van der Waals surface area (Å²) in [7, 11) is 0. The Labute approximate surface area is 231 Å². The van der Waals surface area contributed by atoms with Crippen molar-refractivity contribution in [3.05, 3.63) is 100 Å². The number of benzene rings is 2. The van der Waals surface area contributed by atoms with E-state index in [0.717, 1.165) is 11.1 Å². The summed E-state index contributed by atoms with van der Waals surface area (Å²) in [6, 6.07) is 23.1. The Kier molecular flexibility index (Phi) is 9.14. The van der Waals surface area contributed by atoms with Crippen molar-refractivity contribution in [2.75, 3.05) is 11.9 Å². The lowest BCUT2D eigenvalue weighted by molar-refractivity contribution is -0.142. The number of amides is 1. The van der Waals surface area contributed by atoms with Crippen LogP contribution in [-0.2, 0) is 20.8 Å². The molecule has 0 radical (unpaired) electrons. The second kappa shape index (κ2) is 13.1. The van der Waals surface area contributed by atoms with Gasteiger partial charge in [-0.1, -0.05) is 65.8 Å². The molecule has 0 aliphatic heterocycles. The molecule has 0 saturated carbocycles. The largest absolute Gasteiger partial charge is 0.450 e. The molecule has 40 heavy (non-hydrogen) atoms. The Morgan fingerprint density at radius 1 is 1.02 bits per heavy atom. The van der Waals surface area contributed by atoms with Gasteiger partial charge in [-0.25, -0.2) is 19.3 Å². The summed E-state index contributed by atoms with van der Waals surface area (Å²) in [5.41, 5.74) is 3.35. The number of nitrogens with zero attached hydrogens (tertiary/aromatic N) is 4. The molecule has 0 fully saturated rings. The highest BCUT2D eigenvalue weighted by molar-refractivity contribution is 5.97. The quantitative estimate of drug-likeness (QED) is 0.175. The van der Waals surface area contributed by atoms with E-state index in [4.69, 9.17) is 14.6 Å². The Balaban J connectivity index is 1.78. The van der Waals surface area contributed by atoms with E-state index in [2.05, 4.69) is 15.6 Å². The first-order valence-electron chi connectivity index (χ1n) is 12.8. The molecule has 4 aromatic rings. The van der Waals surface area contributed by atoms with Gasteiger partial charge in [-0.15, -0.1) is 0 Å². The van der Waals surface area contributed by atoms with Crippen molar-refractivity contribution in [2.24, 2.45) is 5.16 Å². The van der Waals surface area contributed by atoms with Gasteiger partial charge < -0.3 is 9.57 Å². The molecule has 2 aromatic carbocycles. The number of hydrogen-bond donors (Lipinski definition) is 1. The van der Waals surface area contributed by atoms with E-state index in [1.807, 2.05) is 74.5 Å². The zero-order chi connectivity index (χ0) is 28.5. The Hall–Kier alpha value is -5.12. The van der Waals surface area contributed by atoms with Crippen molar-refractivity contribution in [2.45, 2.75) is 33.2 Å². The SMILES string of the molecule is CCOC(=O)Nc1cc(-c2ccc(=O)n(C(C)C)n2)c(-c2ccccc2)nc1C=NOC(=O)Cc1ccccc1. The molecular formula is C30H29N5O5. The first-order valence-corrected chi connectivity index (χ1v) is 12.8. The normalized spacial score (nSPS) is 11.0. The third-order valence-corrected chi connectivity index (χ3v) is 5.72. The van der Waals surface area contributed by atoms with Crippen molar-refractivity contribution in [1.29, 1.82) is 0 Å². The molecule has 0 unspecified atom stereocenters. The molecule has 0 bridgehead atoms. The van der Waals surface area contributed by atoms with Crippen LogP contribution in [-0.4, -0.2) is 39.6 Å². The summed E-state index contributed by atoms with van der Waals surface area (Å²) < 4.78 is 6.45. The number of hydrogen-bond acceptors (Lipinski definition) is 8. The van der Waals surface area contributed by atoms with E-state index in [0.29, 0.717) is 17.0 Å². The lowest BCUT2D eigenvalue weighted by Crippen LogP contribution is -2.24. The third kappa shape index (κ3) is 7.04. The molecule has 2 heterocycles. The molecule has 1 N–H and O–H groups in total. The number of rotatable bonds is 9. The van der Waals surface area contributed by atoms with E-state index in [1.54, 1.807) is 19.1 Å². The number of pyridine rings is 1. The van der Waals surface area contributed by atoms with Crippen molar-refractivity contribution < 1.29 is 19.2 Å². The van der Waals surface area contributed by atoms with Crippen LogP contribution in [0, 0.1) is 0 Å². The Morgan fingerprint density at radius 2 is 1.73 bits per heavy atom. The molecule has 0 saturated heterocycles. The summed E-state index contributed by atoms with van der Waals surface area (Å²) in [4.78, 5) is 46.9. The number of carbonyl (C=O) groups is 2. The van der Waals surface area contributed by atoms with Gasteiger partial charge in [0, 0.05) is 17.2 Å². The molecule has 0 aliphatic carbocycles. The lowest BCUT2D eigenvalue weighted by atomic mass is 10.0. The Bertz CT molecular complexity index is 1570. The predicted molar refractivity (Wildman–Crippen MR) is 152 cm³/mol. The number of anilines is 1. The monoisotopic (exact) mass is 539 g/mol. The zero-order valence-electron chi connectivity index (χ0n) is 22.4. The molecule has 2 aromatic heterocycles. The van der Waals surface area contributed by atoms with E-state index >= 15 is 0 Å². The van der Waals surface area contributed by atoms with Crippen LogP contribution < -0.4 is 10.9 Å².